The normalized spacial score (nSPS) is 25.3. The third-order valence-electron chi connectivity index (χ3n) is 8.65. The molecule has 35 heavy (non-hydrogen) atoms. The predicted molar refractivity (Wildman–Crippen MR) is 140 cm³/mol. The van der Waals surface area contributed by atoms with Crippen molar-refractivity contribution in [3.8, 4) is 0 Å². The molecule has 2 aliphatic carbocycles. The molecule has 0 radical (unpaired) electrons. The lowest BCUT2D eigenvalue weighted by Gasteiger charge is -2.30. The van der Waals surface area contributed by atoms with E-state index in [1.165, 1.54) is 6.42 Å². The molecule has 0 bridgehead atoms. The lowest BCUT2D eigenvalue weighted by Crippen LogP contribution is -2.16. The van der Waals surface area contributed by atoms with Crippen molar-refractivity contribution in [2.75, 3.05) is 0 Å². The van der Waals surface area contributed by atoms with Crippen molar-refractivity contribution in [3.63, 3.8) is 0 Å². The van der Waals surface area contributed by atoms with E-state index in [1.807, 2.05) is 30.3 Å². The molecule has 0 atom stereocenters. The number of halogens is 3. The molecule has 4 rings (SSSR count). The van der Waals surface area contributed by atoms with Gasteiger partial charge in [-0.2, -0.15) is 0 Å². The molecule has 2 fully saturated rings. The highest BCUT2D eigenvalue weighted by atomic mass is 19.2. The van der Waals surface area contributed by atoms with E-state index in [4.69, 9.17) is 0 Å². The quantitative estimate of drug-likeness (QED) is 0.351. The van der Waals surface area contributed by atoms with Crippen molar-refractivity contribution >= 4 is 6.08 Å². The molecule has 190 valence electrons. The van der Waals surface area contributed by atoms with Gasteiger partial charge in [-0.05, 0) is 111 Å². The smallest absolute Gasteiger partial charge is 0.162 e. The summed E-state index contributed by atoms with van der Waals surface area (Å²) in [5.74, 6) is -0.0800. The third kappa shape index (κ3) is 6.40. The Hall–Kier alpha value is -2.03. The highest BCUT2D eigenvalue weighted by Crippen LogP contribution is 2.42. The first-order chi connectivity index (χ1) is 17.0. The Kier molecular flexibility index (Phi) is 9.14. The molecule has 0 N–H and O–H groups in total. The van der Waals surface area contributed by atoms with E-state index in [1.54, 1.807) is 6.07 Å². The van der Waals surface area contributed by atoms with Crippen molar-refractivity contribution in [2.45, 2.75) is 103 Å². The fourth-order valence-corrected chi connectivity index (χ4v) is 6.20. The maximum absolute atomic E-state index is 15.1. The summed E-state index contributed by atoms with van der Waals surface area (Å²) in [6, 6.07) is 9.27. The number of aryl methyl sites for hydroxylation is 1. The first kappa shape index (κ1) is 26.0. The molecular formula is C32H41F3. The SMILES string of the molecule is CCCCc1ccc(C=CC2CCC(c3ccc(C4CCC(CC)CC4)c(F)c3F)CC2)c(F)c1. The lowest BCUT2D eigenvalue weighted by molar-refractivity contribution is 0.311. The molecule has 0 spiro atoms. The van der Waals surface area contributed by atoms with E-state index in [-0.39, 0.29) is 17.7 Å². The summed E-state index contributed by atoms with van der Waals surface area (Å²) in [6.45, 7) is 4.36. The Labute approximate surface area is 210 Å². The van der Waals surface area contributed by atoms with Crippen LogP contribution in [-0.4, -0.2) is 0 Å². The maximum Gasteiger partial charge on any atom is 0.162 e. The van der Waals surface area contributed by atoms with Crippen molar-refractivity contribution < 1.29 is 13.2 Å². The third-order valence-corrected chi connectivity index (χ3v) is 8.65. The predicted octanol–water partition coefficient (Wildman–Crippen LogP) is 10.1. The first-order valence-electron chi connectivity index (χ1n) is 13.9. The average Bonchev–Trinajstić information content (AvgIpc) is 2.89. The van der Waals surface area contributed by atoms with Gasteiger partial charge in [-0.25, -0.2) is 13.2 Å². The van der Waals surface area contributed by atoms with E-state index in [0.717, 1.165) is 82.1 Å². The maximum atomic E-state index is 15.1. The van der Waals surface area contributed by atoms with Crippen LogP contribution in [0.5, 0.6) is 0 Å². The molecule has 0 nitrogen and oxygen atoms in total. The Morgan fingerprint density at radius 1 is 0.771 bits per heavy atom. The number of hydrogen-bond donors (Lipinski definition) is 0. The monoisotopic (exact) mass is 482 g/mol. The van der Waals surface area contributed by atoms with Gasteiger partial charge in [-0.15, -0.1) is 0 Å². The van der Waals surface area contributed by atoms with Gasteiger partial charge in [0.25, 0.3) is 0 Å². The van der Waals surface area contributed by atoms with Gasteiger partial charge in [0.15, 0.2) is 11.6 Å². The molecule has 0 heterocycles. The zero-order valence-electron chi connectivity index (χ0n) is 21.5. The second kappa shape index (κ2) is 12.3. The minimum atomic E-state index is -0.621. The fraction of sp³-hybridized carbons (Fsp3) is 0.562. The van der Waals surface area contributed by atoms with Crippen LogP contribution >= 0.6 is 0 Å². The Morgan fingerprint density at radius 2 is 1.37 bits per heavy atom. The number of unbranched alkanes of at least 4 members (excludes halogenated alkanes) is 1. The van der Waals surface area contributed by atoms with Crippen LogP contribution in [0.4, 0.5) is 13.2 Å². The van der Waals surface area contributed by atoms with Gasteiger partial charge in [-0.3, -0.25) is 0 Å². The zero-order valence-corrected chi connectivity index (χ0v) is 21.5. The molecule has 2 saturated carbocycles. The van der Waals surface area contributed by atoms with Gasteiger partial charge in [0, 0.05) is 5.56 Å². The van der Waals surface area contributed by atoms with Gasteiger partial charge in [-0.1, -0.05) is 63.1 Å². The Bertz CT molecular complexity index is 992. The van der Waals surface area contributed by atoms with Crippen molar-refractivity contribution in [2.24, 2.45) is 11.8 Å². The molecule has 2 aliphatic rings. The van der Waals surface area contributed by atoms with Crippen molar-refractivity contribution in [1.82, 2.24) is 0 Å². The van der Waals surface area contributed by atoms with Crippen LogP contribution in [0, 0.1) is 29.3 Å². The first-order valence-corrected chi connectivity index (χ1v) is 13.9. The highest BCUT2D eigenvalue weighted by molar-refractivity contribution is 5.51. The summed E-state index contributed by atoms with van der Waals surface area (Å²) in [5, 5.41) is 0. The molecule has 0 aliphatic heterocycles. The Morgan fingerprint density at radius 3 is 1.91 bits per heavy atom. The molecule has 2 aromatic carbocycles. The van der Waals surface area contributed by atoms with Crippen molar-refractivity contribution in [3.05, 3.63) is 76.1 Å². The van der Waals surface area contributed by atoms with Crippen LogP contribution in [0.3, 0.4) is 0 Å². The standard InChI is InChI=1S/C32H41F3/c1-3-5-6-24-12-18-27(30(33)21-24)17-11-23-9-15-26(16-10-23)29-20-19-28(31(34)32(29)35)25-13-7-22(4-2)8-14-25/h11-12,17-23,25-26H,3-10,13-16H2,1-2H3. The van der Waals surface area contributed by atoms with E-state index in [2.05, 4.69) is 19.9 Å². The minimum absolute atomic E-state index is 0.0635. The molecule has 3 heteroatoms. The lowest BCUT2D eigenvalue weighted by atomic mass is 9.75. The van der Waals surface area contributed by atoms with Gasteiger partial charge < -0.3 is 0 Å². The second-order valence-electron chi connectivity index (χ2n) is 10.9. The summed E-state index contributed by atoms with van der Waals surface area (Å²) in [7, 11) is 0. The molecule has 0 saturated heterocycles. The summed E-state index contributed by atoms with van der Waals surface area (Å²) in [6.07, 6.45) is 16.0. The van der Waals surface area contributed by atoms with Crippen LogP contribution < -0.4 is 0 Å². The molecule has 0 aromatic heterocycles. The van der Waals surface area contributed by atoms with Gasteiger partial charge in [0.2, 0.25) is 0 Å². The molecular weight excluding hydrogens is 441 g/mol. The highest BCUT2D eigenvalue weighted by Gasteiger charge is 2.29. The second-order valence-corrected chi connectivity index (χ2v) is 10.9. The molecule has 0 amide bonds. The fourth-order valence-electron chi connectivity index (χ4n) is 6.20. The van der Waals surface area contributed by atoms with E-state index in [0.29, 0.717) is 22.6 Å². The number of hydrogen-bond acceptors (Lipinski definition) is 0. The largest absolute Gasteiger partial charge is 0.206 e. The van der Waals surface area contributed by atoms with E-state index in [9.17, 15) is 4.39 Å². The van der Waals surface area contributed by atoms with Crippen LogP contribution in [0.1, 0.15) is 119 Å². The van der Waals surface area contributed by atoms with Crippen LogP contribution in [0.15, 0.2) is 36.4 Å². The zero-order chi connectivity index (χ0) is 24.8. The summed E-state index contributed by atoms with van der Waals surface area (Å²) in [4.78, 5) is 0. The van der Waals surface area contributed by atoms with E-state index >= 15 is 8.78 Å². The Balaban J connectivity index is 1.34. The number of benzene rings is 2. The topological polar surface area (TPSA) is 0 Å². The van der Waals surface area contributed by atoms with Crippen molar-refractivity contribution in [1.29, 1.82) is 0 Å². The summed E-state index contributed by atoms with van der Waals surface area (Å²) in [5.41, 5.74) is 2.81. The minimum Gasteiger partial charge on any atom is -0.206 e. The van der Waals surface area contributed by atoms with Gasteiger partial charge >= 0.3 is 0 Å². The average molecular weight is 483 g/mol. The number of allylic oxidation sites excluding steroid dienone is 1. The molecule has 2 aromatic rings. The summed E-state index contributed by atoms with van der Waals surface area (Å²) >= 11 is 0. The van der Waals surface area contributed by atoms with E-state index < -0.39 is 11.6 Å². The number of rotatable bonds is 8. The molecule has 0 unspecified atom stereocenters. The van der Waals surface area contributed by atoms with Gasteiger partial charge in [0.05, 0.1) is 0 Å². The van der Waals surface area contributed by atoms with Crippen LogP contribution in [0.25, 0.3) is 6.08 Å². The van der Waals surface area contributed by atoms with Crippen LogP contribution in [0.2, 0.25) is 0 Å². The van der Waals surface area contributed by atoms with Gasteiger partial charge in [0.1, 0.15) is 5.82 Å². The summed E-state index contributed by atoms with van der Waals surface area (Å²) < 4.78 is 44.7. The van der Waals surface area contributed by atoms with Crippen LogP contribution in [-0.2, 0) is 6.42 Å².